The van der Waals surface area contributed by atoms with E-state index < -0.39 is 11.4 Å². The largest absolute Gasteiger partial charge is 0.489 e. The molecule has 105 valence electrons. The van der Waals surface area contributed by atoms with Crippen LogP contribution in [0, 0.1) is 0 Å². The molecule has 3 N–H and O–H groups in total. The standard InChI is InChI=1S/C12H11ClN3O3S/c13-9-3-1-2-4-10(9)19-6-11-16(12(18)15-14)8(5-17)7-20-11/h1-4,7,11H,6,14H2,(H,15,18). The van der Waals surface area contributed by atoms with Gasteiger partial charge in [0.25, 0.3) is 6.29 Å². The molecule has 1 radical (unpaired) electrons. The highest BCUT2D eigenvalue weighted by atomic mass is 35.5. The Morgan fingerprint density at radius 1 is 1.55 bits per heavy atom. The number of benzene rings is 1. The quantitative estimate of drug-likeness (QED) is 0.501. The lowest BCUT2D eigenvalue weighted by Gasteiger charge is -2.24. The van der Waals surface area contributed by atoms with Crippen LogP contribution in [0.3, 0.4) is 0 Å². The molecule has 2 amide bonds. The van der Waals surface area contributed by atoms with Gasteiger partial charge in [0, 0.05) is 5.41 Å². The molecule has 6 nitrogen and oxygen atoms in total. The van der Waals surface area contributed by atoms with Crippen molar-refractivity contribution in [2.75, 3.05) is 6.61 Å². The van der Waals surface area contributed by atoms with Gasteiger partial charge in [-0.2, -0.15) is 0 Å². The number of carbonyl (C=O) groups excluding carboxylic acids is 2. The number of hydrazine groups is 1. The Kier molecular flexibility index (Phi) is 4.89. The molecule has 1 atom stereocenters. The molecule has 1 unspecified atom stereocenters. The lowest BCUT2D eigenvalue weighted by atomic mass is 10.3. The molecular weight excluding hydrogens is 302 g/mol. The highest BCUT2D eigenvalue weighted by Gasteiger charge is 2.32. The first-order valence-electron chi connectivity index (χ1n) is 5.58. The highest BCUT2D eigenvalue weighted by Crippen LogP contribution is 2.31. The fourth-order valence-corrected chi connectivity index (χ4v) is 2.75. The van der Waals surface area contributed by atoms with Crippen molar-refractivity contribution in [2.45, 2.75) is 5.37 Å². The maximum Gasteiger partial charge on any atom is 0.337 e. The van der Waals surface area contributed by atoms with Gasteiger partial charge in [-0.3, -0.25) is 15.1 Å². The second kappa shape index (κ2) is 6.65. The average Bonchev–Trinajstić information content (AvgIpc) is 2.88. The Hall–Kier alpha value is -1.70. The molecule has 0 fully saturated rings. The molecule has 0 aromatic heterocycles. The zero-order chi connectivity index (χ0) is 14.5. The lowest BCUT2D eigenvalue weighted by Crippen LogP contribution is -2.47. The Morgan fingerprint density at radius 2 is 2.30 bits per heavy atom. The molecule has 0 bridgehead atoms. The number of rotatable bonds is 4. The molecule has 0 aliphatic carbocycles. The van der Waals surface area contributed by atoms with Crippen LogP contribution >= 0.6 is 23.4 Å². The number of para-hydroxylation sites is 1. The van der Waals surface area contributed by atoms with E-state index in [9.17, 15) is 9.59 Å². The van der Waals surface area contributed by atoms with E-state index in [0.29, 0.717) is 10.8 Å². The molecule has 1 heterocycles. The van der Waals surface area contributed by atoms with Gasteiger partial charge in [0.05, 0.1) is 5.02 Å². The molecule has 1 aromatic carbocycles. The lowest BCUT2D eigenvalue weighted by molar-refractivity contribution is 0.195. The molecule has 0 saturated heterocycles. The number of nitrogens with one attached hydrogen (secondary N) is 1. The third-order valence-electron chi connectivity index (χ3n) is 2.55. The zero-order valence-corrected chi connectivity index (χ0v) is 11.8. The number of halogens is 1. The molecule has 8 heteroatoms. The van der Waals surface area contributed by atoms with Crippen LogP contribution in [0.2, 0.25) is 5.02 Å². The van der Waals surface area contributed by atoms with E-state index in [1.54, 1.807) is 30.6 Å². The molecule has 20 heavy (non-hydrogen) atoms. The number of carbonyl (C=O) groups is 1. The van der Waals surface area contributed by atoms with Crippen LogP contribution in [-0.2, 0) is 4.79 Å². The number of hydrogen-bond acceptors (Lipinski definition) is 5. The average molecular weight is 313 g/mol. The summed E-state index contributed by atoms with van der Waals surface area (Å²) >= 11 is 7.24. The molecule has 0 spiro atoms. The van der Waals surface area contributed by atoms with E-state index >= 15 is 0 Å². The van der Waals surface area contributed by atoms with Crippen molar-refractivity contribution in [1.82, 2.24) is 10.3 Å². The van der Waals surface area contributed by atoms with Crippen LogP contribution in [0.5, 0.6) is 5.75 Å². The van der Waals surface area contributed by atoms with Crippen molar-refractivity contribution >= 4 is 35.7 Å². The minimum atomic E-state index is -0.600. The predicted octanol–water partition coefficient (Wildman–Crippen LogP) is 1.63. The summed E-state index contributed by atoms with van der Waals surface area (Å²) in [7, 11) is 0. The highest BCUT2D eigenvalue weighted by molar-refractivity contribution is 8.03. The third-order valence-corrected chi connectivity index (χ3v) is 3.88. The Morgan fingerprint density at radius 3 is 2.95 bits per heavy atom. The maximum atomic E-state index is 11.6. The van der Waals surface area contributed by atoms with Crippen molar-refractivity contribution in [2.24, 2.45) is 5.84 Å². The van der Waals surface area contributed by atoms with E-state index in [1.807, 2.05) is 5.43 Å². The summed E-state index contributed by atoms with van der Waals surface area (Å²) in [4.78, 5) is 23.6. The second-order valence-corrected chi connectivity index (χ2v) is 5.22. The first-order chi connectivity index (χ1) is 9.67. The number of nitrogens with zero attached hydrogens (tertiary/aromatic N) is 1. The number of hydrogen-bond donors (Lipinski definition) is 2. The molecule has 2 rings (SSSR count). The molecule has 1 aromatic rings. The summed E-state index contributed by atoms with van der Waals surface area (Å²) in [6.07, 6.45) is 1.69. The summed E-state index contributed by atoms with van der Waals surface area (Å²) in [6.45, 7) is 0.156. The van der Waals surface area contributed by atoms with Gasteiger partial charge in [0.2, 0.25) is 0 Å². The van der Waals surface area contributed by atoms with Crippen LogP contribution in [0.25, 0.3) is 0 Å². The van der Waals surface area contributed by atoms with Crippen molar-refractivity contribution in [3.63, 3.8) is 0 Å². The second-order valence-electron chi connectivity index (χ2n) is 3.76. The minimum Gasteiger partial charge on any atom is -0.489 e. The van der Waals surface area contributed by atoms with E-state index in [4.69, 9.17) is 22.2 Å². The summed E-state index contributed by atoms with van der Waals surface area (Å²) in [6, 6.07) is 6.39. The van der Waals surface area contributed by atoms with Gasteiger partial charge >= 0.3 is 6.03 Å². The minimum absolute atomic E-state index is 0.116. The fraction of sp³-hybridized carbons (Fsp3) is 0.167. The van der Waals surface area contributed by atoms with Crippen LogP contribution in [0.15, 0.2) is 35.4 Å². The van der Waals surface area contributed by atoms with Gasteiger partial charge in [-0.1, -0.05) is 23.7 Å². The summed E-state index contributed by atoms with van der Waals surface area (Å²) < 4.78 is 5.56. The molecular formula is C12H11ClN3O3S. The summed E-state index contributed by atoms with van der Waals surface area (Å²) in [5.74, 6) is 5.60. The number of ether oxygens (including phenoxy) is 1. The molecule has 0 saturated carbocycles. The SMILES string of the molecule is NNC(=O)N1C([C]=O)=CSC1COc1ccccc1Cl. The van der Waals surface area contributed by atoms with Crippen LogP contribution < -0.4 is 16.0 Å². The molecule has 1 aliphatic heterocycles. The summed E-state index contributed by atoms with van der Waals surface area (Å²) in [5, 5.41) is 1.59. The van der Waals surface area contributed by atoms with Crippen LogP contribution in [0.4, 0.5) is 4.79 Å². The van der Waals surface area contributed by atoms with Gasteiger partial charge in [-0.05, 0) is 12.1 Å². The van der Waals surface area contributed by atoms with Crippen molar-refractivity contribution in [3.05, 3.63) is 40.4 Å². The number of allylic oxidation sites excluding steroid dienone is 1. The van der Waals surface area contributed by atoms with Crippen LogP contribution in [0.1, 0.15) is 0 Å². The number of thioether (sulfide) groups is 1. The van der Waals surface area contributed by atoms with E-state index in [2.05, 4.69) is 0 Å². The Bertz CT molecular complexity index is 553. The fourth-order valence-electron chi connectivity index (χ4n) is 1.64. The van der Waals surface area contributed by atoms with Crippen molar-refractivity contribution in [1.29, 1.82) is 0 Å². The third kappa shape index (κ3) is 3.06. The van der Waals surface area contributed by atoms with E-state index in [1.165, 1.54) is 22.1 Å². The number of nitrogens with two attached hydrogens (primary N) is 1. The van der Waals surface area contributed by atoms with Gasteiger partial charge in [0.15, 0.2) is 0 Å². The first-order valence-corrected chi connectivity index (χ1v) is 6.90. The Balaban J connectivity index is 2.04. The zero-order valence-electron chi connectivity index (χ0n) is 10.2. The van der Waals surface area contributed by atoms with Gasteiger partial charge in [-0.15, -0.1) is 11.8 Å². The smallest absolute Gasteiger partial charge is 0.337 e. The Labute approximate surface area is 124 Å². The van der Waals surface area contributed by atoms with Gasteiger partial charge in [-0.25, -0.2) is 10.6 Å². The monoisotopic (exact) mass is 312 g/mol. The van der Waals surface area contributed by atoms with Gasteiger partial charge in [0.1, 0.15) is 23.4 Å². The topological polar surface area (TPSA) is 84.7 Å². The van der Waals surface area contributed by atoms with Gasteiger partial charge < -0.3 is 4.74 Å². The molecule has 1 aliphatic rings. The van der Waals surface area contributed by atoms with E-state index in [0.717, 1.165) is 0 Å². The van der Waals surface area contributed by atoms with Crippen molar-refractivity contribution < 1.29 is 14.3 Å². The van der Waals surface area contributed by atoms with Crippen LogP contribution in [-0.4, -0.2) is 29.2 Å². The number of amides is 2. The predicted molar refractivity (Wildman–Crippen MR) is 76.7 cm³/mol. The van der Waals surface area contributed by atoms with E-state index in [-0.39, 0.29) is 12.3 Å². The summed E-state index contributed by atoms with van der Waals surface area (Å²) in [5.41, 5.74) is 2.10. The maximum absolute atomic E-state index is 11.6. The first kappa shape index (κ1) is 14.7. The van der Waals surface area contributed by atoms with Crippen molar-refractivity contribution in [3.8, 4) is 5.75 Å². The normalized spacial score (nSPS) is 17.6. The number of urea groups is 1.